The van der Waals surface area contributed by atoms with Crippen molar-refractivity contribution in [1.29, 1.82) is 0 Å². The number of rotatable bonds is 3. The molecule has 0 bridgehead atoms. The lowest BCUT2D eigenvalue weighted by atomic mass is 9.95. The van der Waals surface area contributed by atoms with E-state index in [-0.39, 0.29) is 11.9 Å². The molecule has 1 aliphatic rings. The highest BCUT2D eigenvalue weighted by Crippen LogP contribution is 2.29. The topological polar surface area (TPSA) is 43.8 Å². The summed E-state index contributed by atoms with van der Waals surface area (Å²) in [4.78, 5) is 16.7. The predicted molar refractivity (Wildman–Crippen MR) is 118 cm³/mol. The number of fused-ring (bicyclic) bond motifs is 1. The second kappa shape index (κ2) is 7.62. The number of nitrogens with zero attached hydrogens (tertiary/aromatic N) is 2. The Kier molecular flexibility index (Phi) is 5.15. The Morgan fingerprint density at radius 3 is 2.45 bits per heavy atom. The van der Waals surface area contributed by atoms with E-state index in [4.69, 9.17) is 0 Å². The summed E-state index contributed by atoms with van der Waals surface area (Å²) in [6.07, 6.45) is -0.505. The molecule has 0 aliphatic carbocycles. The van der Waals surface area contributed by atoms with Crippen LogP contribution in [0, 0.1) is 13.8 Å². The van der Waals surface area contributed by atoms with Crippen molar-refractivity contribution in [2.75, 3.05) is 27.2 Å². The molecule has 150 valence electrons. The number of carbonyl (C=O) groups excluding carboxylic acids is 1. The number of aliphatic hydroxyl groups excluding tert-OH is 1. The van der Waals surface area contributed by atoms with Gasteiger partial charge in [0.1, 0.15) is 0 Å². The van der Waals surface area contributed by atoms with E-state index in [1.807, 2.05) is 37.2 Å². The van der Waals surface area contributed by atoms with E-state index in [2.05, 4.69) is 50.2 Å². The highest BCUT2D eigenvalue weighted by atomic mass is 16.3. The minimum atomic E-state index is -0.505. The van der Waals surface area contributed by atoms with E-state index in [9.17, 15) is 9.90 Å². The Labute approximate surface area is 172 Å². The van der Waals surface area contributed by atoms with E-state index in [1.165, 1.54) is 22.3 Å². The van der Waals surface area contributed by atoms with Crippen molar-refractivity contribution in [2.24, 2.45) is 0 Å². The van der Waals surface area contributed by atoms with E-state index >= 15 is 0 Å². The zero-order valence-electron chi connectivity index (χ0n) is 17.5. The Balaban J connectivity index is 1.62. The smallest absolute Gasteiger partial charge is 0.254 e. The first kappa shape index (κ1) is 19.6. The van der Waals surface area contributed by atoms with E-state index in [1.54, 1.807) is 4.90 Å². The molecular weight excluding hydrogens is 360 g/mol. The molecule has 2 atom stereocenters. The van der Waals surface area contributed by atoms with Gasteiger partial charge in [0.15, 0.2) is 0 Å². The third kappa shape index (κ3) is 3.66. The van der Waals surface area contributed by atoms with Crippen molar-refractivity contribution in [1.82, 2.24) is 9.80 Å². The summed E-state index contributed by atoms with van der Waals surface area (Å²) in [6, 6.07) is 18.6. The van der Waals surface area contributed by atoms with Gasteiger partial charge in [-0.15, -0.1) is 0 Å². The lowest BCUT2D eigenvalue weighted by Crippen LogP contribution is -2.38. The van der Waals surface area contributed by atoms with Crippen LogP contribution in [0.3, 0.4) is 0 Å². The second-order valence-electron chi connectivity index (χ2n) is 8.33. The third-order valence-corrected chi connectivity index (χ3v) is 6.21. The predicted octanol–water partition coefficient (Wildman–Crippen LogP) is 3.87. The van der Waals surface area contributed by atoms with Crippen molar-refractivity contribution in [2.45, 2.75) is 26.0 Å². The van der Waals surface area contributed by atoms with Gasteiger partial charge < -0.3 is 14.9 Å². The van der Waals surface area contributed by atoms with Gasteiger partial charge in [0, 0.05) is 18.7 Å². The van der Waals surface area contributed by atoms with Crippen LogP contribution >= 0.6 is 0 Å². The van der Waals surface area contributed by atoms with Gasteiger partial charge in [0.25, 0.3) is 5.91 Å². The van der Waals surface area contributed by atoms with Gasteiger partial charge in [-0.25, -0.2) is 0 Å². The highest BCUT2D eigenvalue weighted by molar-refractivity contribution is 5.99. The SMILES string of the molecule is Cc1cccc(-c2ccc3cc(C(=O)N4C[C@H](O)[C@@H](N(C)C)C4)ccc3c2)c1C. The standard InChI is InChI=1S/C25H28N2O2/c1-16-6-5-7-22(17(16)2)20-10-8-19-13-21(11-9-18(19)12-20)25(29)27-14-23(26(3)4)24(28)15-27/h5-13,23-24,28H,14-15H2,1-4H3/t23-,24-/m0/s1. The van der Waals surface area contributed by atoms with Gasteiger partial charge in [-0.2, -0.15) is 0 Å². The van der Waals surface area contributed by atoms with E-state index < -0.39 is 6.10 Å². The molecule has 4 heteroatoms. The summed E-state index contributed by atoms with van der Waals surface area (Å²) in [6.45, 7) is 5.22. The Morgan fingerprint density at radius 2 is 1.72 bits per heavy atom. The first-order valence-corrected chi connectivity index (χ1v) is 10.1. The molecule has 0 unspecified atom stereocenters. The average Bonchev–Trinajstić information content (AvgIpc) is 3.10. The van der Waals surface area contributed by atoms with Crippen LogP contribution in [0.2, 0.25) is 0 Å². The molecule has 1 amide bonds. The molecule has 3 aromatic rings. The number of amides is 1. The molecule has 1 aliphatic heterocycles. The average molecular weight is 389 g/mol. The largest absolute Gasteiger partial charge is 0.390 e. The van der Waals surface area contributed by atoms with Gasteiger partial charge in [-0.3, -0.25) is 4.79 Å². The molecule has 1 saturated heterocycles. The normalized spacial score (nSPS) is 19.3. The first-order chi connectivity index (χ1) is 13.8. The van der Waals surface area contributed by atoms with Crippen molar-refractivity contribution < 1.29 is 9.90 Å². The van der Waals surface area contributed by atoms with Gasteiger partial charge in [-0.1, -0.05) is 36.4 Å². The van der Waals surface area contributed by atoms with E-state index in [0.29, 0.717) is 18.7 Å². The summed E-state index contributed by atoms with van der Waals surface area (Å²) in [5.41, 5.74) is 5.68. The van der Waals surface area contributed by atoms with Crippen LogP contribution in [-0.2, 0) is 0 Å². The Bertz CT molecular complexity index is 1070. The molecule has 29 heavy (non-hydrogen) atoms. The van der Waals surface area contributed by atoms with Crippen LogP contribution in [0.5, 0.6) is 0 Å². The summed E-state index contributed by atoms with van der Waals surface area (Å²) in [5, 5.41) is 12.4. The number of β-amino-alcohol motifs (C(OH)–C–C–N with tert-alkyl or cyclic N) is 1. The van der Waals surface area contributed by atoms with E-state index in [0.717, 1.165) is 10.8 Å². The van der Waals surface area contributed by atoms with Crippen LogP contribution < -0.4 is 0 Å². The number of hydrogen-bond acceptors (Lipinski definition) is 3. The highest BCUT2D eigenvalue weighted by Gasteiger charge is 2.35. The van der Waals surface area contributed by atoms with Gasteiger partial charge in [0.2, 0.25) is 0 Å². The molecule has 4 rings (SSSR count). The van der Waals surface area contributed by atoms with Crippen LogP contribution in [-0.4, -0.2) is 60.1 Å². The Morgan fingerprint density at radius 1 is 1.00 bits per heavy atom. The number of carbonyl (C=O) groups is 1. The Hall–Kier alpha value is -2.69. The zero-order chi connectivity index (χ0) is 20.7. The maximum Gasteiger partial charge on any atom is 0.254 e. The molecule has 0 spiro atoms. The molecule has 0 saturated carbocycles. The monoisotopic (exact) mass is 388 g/mol. The number of hydrogen-bond donors (Lipinski definition) is 1. The van der Waals surface area contributed by atoms with Crippen molar-refractivity contribution in [3.8, 4) is 11.1 Å². The van der Waals surface area contributed by atoms with Crippen molar-refractivity contribution in [3.05, 3.63) is 71.3 Å². The fourth-order valence-electron chi connectivity index (χ4n) is 4.24. The summed E-state index contributed by atoms with van der Waals surface area (Å²) in [7, 11) is 3.87. The number of likely N-dealkylation sites (N-methyl/N-ethyl adjacent to an activating group) is 1. The summed E-state index contributed by atoms with van der Waals surface area (Å²) >= 11 is 0. The number of aliphatic hydroxyl groups is 1. The van der Waals surface area contributed by atoms with Crippen molar-refractivity contribution >= 4 is 16.7 Å². The fourth-order valence-corrected chi connectivity index (χ4v) is 4.24. The molecule has 1 fully saturated rings. The minimum absolute atomic E-state index is 0.0143. The molecule has 4 nitrogen and oxygen atoms in total. The van der Waals surface area contributed by atoms with Crippen LogP contribution in [0.4, 0.5) is 0 Å². The van der Waals surface area contributed by atoms with Gasteiger partial charge >= 0.3 is 0 Å². The maximum absolute atomic E-state index is 13.0. The molecular formula is C25H28N2O2. The zero-order valence-corrected chi connectivity index (χ0v) is 17.5. The molecule has 0 radical (unpaired) electrons. The number of likely N-dealkylation sites (tertiary alicyclic amines) is 1. The van der Waals surface area contributed by atoms with Crippen LogP contribution in [0.25, 0.3) is 21.9 Å². The summed E-state index contributed by atoms with van der Waals surface area (Å²) in [5.74, 6) is -0.0195. The first-order valence-electron chi connectivity index (χ1n) is 10.1. The van der Waals surface area contributed by atoms with Crippen LogP contribution in [0.15, 0.2) is 54.6 Å². The molecule has 1 heterocycles. The quantitative estimate of drug-likeness (QED) is 0.741. The molecule has 3 aromatic carbocycles. The third-order valence-electron chi connectivity index (χ3n) is 6.21. The molecule has 1 N–H and O–H groups in total. The van der Waals surface area contributed by atoms with Crippen molar-refractivity contribution in [3.63, 3.8) is 0 Å². The van der Waals surface area contributed by atoms with Crippen LogP contribution in [0.1, 0.15) is 21.5 Å². The number of aryl methyl sites for hydroxylation is 1. The minimum Gasteiger partial charge on any atom is -0.390 e. The lowest BCUT2D eigenvalue weighted by molar-refractivity contribution is 0.0764. The number of benzene rings is 3. The maximum atomic E-state index is 13.0. The van der Waals surface area contributed by atoms with Gasteiger partial charge in [0.05, 0.1) is 12.1 Å². The lowest BCUT2D eigenvalue weighted by Gasteiger charge is -2.21. The second-order valence-corrected chi connectivity index (χ2v) is 8.33. The summed E-state index contributed by atoms with van der Waals surface area (Å²) < 4.78 is 0. The van der Waals surface area contributed by atoms with Gasteiger partial charge in [-0.05, 0) is 79.2 Å². The molecule has 0 aromatic heterocycles. The fraction of sp³-hybridized carbons (Fsp3) is 0.320.